The van der Waals surface area contributed by atoms with Crippen molar-refractivity contribution in [3.05, 3.63) is 29.8 Å². The summed E-state index contributed by atoms with van der Waals surface area (Å²) in [6.07, 6.45) is 2.39. The highest BCUT2D eigenvalue weighted by Gasteiger charge is 2.12. The van der Waals surface area contributed by atoms with Gasteiger partial charge in [-0.2, -0.15) is 0 Å². The summed E-state index contributed by atoms with van der Waals surface area (Å²) in [7, 11) is 0. The van der Waals surface area contributed by atoms with Crippen molar-refractivity contribution in [1.29, 1.82) is 0 Å². The third-order valence-electron chi connectivity index (χ3n) is 3.06. The zero-order chi connectivity index (χ0) is 12.8. The van der Waals surface area contributed by atoms with Crippen molar-refractivity contribution in [2.24, 2.45) is 0 Å². The standard InChI is InChI=1S/C14H20N2O2/c1-2-18-14(17)11-5-7-12(8-6-11)16-13-4-3-9-15-10-13/h5-8,13,15-16H,2-4,9-10H2,1H3. The molecule has 1 aliphatic rings. The fourth-order valence-electron chi connectivity index (χ4n) is 2.13. The highest BCUT2D eigenvalue weighted by atomic mass is 16.5. The Balaban J connectivity index is 1.92. The topological polar surface area (TPSA) is 50.4 Å². The molecule has 2 rings (SSSR count). The molecule has 98 valence electrons. The average molecular weight is 248 g/mol. The number of anilines is 1. The van der Waals surface area contributed by atoms with Crippen LogP contribution in [0.3, 0.4) is 0 Å². The number of piperidine rings is 1. The lowest BCUT2D eigenvalue weighted by molar-refractivity contribution is 0.0526. The maximum absolute atomic E-state index is 11.5. The van der Waals surface area contributed by atoms with E-state index in [1.165, 1.54) is 12.8 Å². The van der Waals surface area contributed by atoms with E-state index in [0.717, 1.165) is 18.8 Å². The Kier molecular flexibility index (Phi) is 4.59. The van der Waals surface area contributed by atoms with Crippen LogP contribution in [-0.2, 0) is 4.74 Å². The molecule has 4 heteroatoms. The van der Waals surface area contributed by atoms with Gasteiger partial charge in [-0.25, -0.2) is 4.79 Å². The summed E-state index contributed by atoms with van der Waals surface area (Å²) in [6, 6.07) is 7.95. The average Bonchev–Trinajstić information content (AvgIpc) is 2.41. The van der Waals surface area contributed by atoms with Gasteiger partial charge in [-0.05, 0) is 50.6 Å². The molecule has 0 aliphatic carbocycles. The van der Waals surface area contributed by atoms with Crippen LogP contribution in [0.15, 0.2) is 24.3 Å². The smallest absolute Gasteiger partial charge is 0.338 e. The number of carbonyl (C=O) groups excluding carboxylic acids is 1. The van der Waals surface area contributed by atoms with Crippen molar-refractivity contribution in [2.45, 2.75) is 25.8 Å². The zero-order valence-electron chi connectivity index (χ0n) is 10.7. The Morgan fingerprint density at radius 1 is 1.44 bits per heavy atom. The summed E-state index contributed by atoms with van der Waals surface area (Å²) in [4.78, 5) is 11.5. The Morgan fingerprint density at radius 2 is 2.22 bits per heavy atom. The second-order valence-corrected chi connectivity index (χ2v) is 4.49. The molecule has 4 nitrogen and oxygen atoms in total. The summed E-state index contributed by atoms with van der Waals surface area (Å²) in [6.45, 7) is 4.33. The van der Waals surface area contributed by atoms with Crippen LogP contribution in [0.1, 0.15) is 30.1 Å². The van der Waals surface area contributed by atoms with E-state index < -0.39 is 0 Å². The molecule has 2 N–H and O–H groups in total. The molecule has 1 aromatic carbocycles. The Morgan fingerprint density at radius 3 is 2.83 bits per heavy atom. The van der Waals surface area contributed by atoms with E-state index >= 15 is 0 Å². The van der Waals surface area contributed by atoms with Gasteiger partial charge in [-0.15, -0.1) is 0 Å². The molecule has 0 bridgehead atoms. The van der Waals surface area contributed by atoms with Gasteiger partial charge in [0.05, 0.1) is 12.2 Å². The first-order valence-corrected chi connectivity index (χ1v) is 6.54. The lowest BCUT2D eigenvalue weighted by Gasteiger charge is -2.24. The summed E-state index contributed by atoms with van der Waals surface area (Å²) >= 11 is 0. The molecule has 18 heavy (non-hydrogen) atoms. The van der Waals surface area contributed by atoms with E-state index in [-0.39, 0.29) is 5.97 Å². The van der Waals surface area contributed by atoms with Crippen LogP contribution in [0.4, 0.5) is 5.69 Å². The summed E-state index contributed by atoms with van der Waals surface area (Å²) in [5, 5.41) is 6.83. The van der Waals surface area contributed by atoms with Crippen molar-refractivity contribution >= 4 is 11.7 Å². The lowest BCUT2D eigenvalue weighted by Crippen LogP contribution is -2.38. The van der Waals surface area contributed by atoms with Gasteiger partial charge < -0.3 is 15.4 Å². The lowest BCUT2D eigenvalue weighted by atomic mass is 10.1. The minimum atomic E-state index is -0.261. The Bertz CT molecular complexity index is 383. The molecular weight excluding hydrogens is 228 g/mol. The molecule has 1 heterocycles. The van der Waals surface area contributed by atoms with Crippen molar-refractivity contribution < 1.29 is 9.53 Å². The van der Waals surface area contributed by atoms with Crippen molar-refractivity contribution in [1.82, 2.24) is 5.32 Å². The summed E-state index contributed by atoms with van der Waals surface area (Å²) < 4.78 is 4.95. The van der Waals surface area contributed by atoms with Crippen LogP contribution in [0.5, 0.6) is 0 Å². The van der Waals surface area contributed by atoms with Crippen molar-refractivity contribution in [3.63, 3.8) is 0 Å². The highest BCUT2D eigenvalue weighted by molar-refractivity contribution is 5.89. The van der Waals surface area contributed by atoms with Gasteiger partial charge in [0.15, 0.2) is 0 Å². The Labute approximate surface area is 108 Å². The second-order valence-electron chi connectivity index (χ2n) is 4.49. The van der Waals surface area contributed by atoms with Crippen LogP contribution >= 0.6 is 0 Å². The van der Waals surface area contributed by atoms with Gasteiger partial charge in [0.25, 0.3) is 0 Å². The number of carbonyl (C=O) groups is 1. The Hall–Kier alpha value is -1.55. The number of nitrogens with one attached hydrogen (secondary N) is 2. The van der Waals surface area contributed by atoms with Crippen LogP contribution in [0, 0.1) is 0 Å². The van der Waals surface area contributed by atoms with Crippen LogP contribution in [-0.4, -0.2) is 31.7 Å². The summed E-state index contributed by atoms with van der Waals surface area (Å²) in [5.41, 5.74) is 1.65. The van der Waals surface area contributed by atoms with Gasteiger partial charge in [0.2, 0.25) is 0 Å². The van der Waals surface area contributed by atoms with E-state index in [9.17, 15) is 4.79 Å². The predicted molar refractivity (Wildman–Crippen MR) is 71.9 cm³/mol. The highest BCUT2D eigenvalue weighted by Crippen LogP contribution is 2.14. The van der Waals surface area contributed by atoms with E-state index in [4.69, 9.17) is 4.74 Å². The summed E-state index contributed by atoms with van der Waals surface area (Å²) in [5.74, 6) is -0.261. The largest absolute Gasteiger partial charge is 0.462 e. The van der Waals surface area contributed by atoms with Crippen LogP contribution in [0.25, 0.3) is 0 Å². The molecular formula is C14H20N2O2. The minimum absolute atomic E-state index is 0.261. The van der Waals surface area contributed by atoms with Crippen LogP contribution < -0.4 is 10.6 Å². The van der Waals surface area contributed by atoms with E-state index in [0.29, 0.717) is 18.2 Å². The maximum Gasteiger partial charge on any atom is 0.338 e. The fourth-order valence-corrected chi connectivity index (χ4v) is 2.13. The van der Waals surface area contributed by atoms with Crippen molar-refractivity contribution in [2.75, 3.05) is 25.0 Å². The first kappa shape index (κ1) is 12.9. The molecule has 1 fully saturated rings. The molecule has 0 saturated carbocycles. The molecule has 0 amide bonds. The molecule has 1 aliphatic heterocycles. The molecule has 1 saturated heterocycles. The number of rotatable bonds is 4. The van der Waals surface area contributed by atoms with Gasteiger partial charge in [0.1, 0.15) is 0 Å². The van der Waals surface area contributed by atoms with Crippen LogP contribution in [0.2, 0.25) is 0 Å². The third kappa shape index (κ3) is 3.47. The maximum atomic E-state index is 11.5. The molecule has 0 spiro atoms. The van der Waals surface area contributed by atoms with Gasteiger partial charge >= 0.3 is 5.97 Å². The third-order valence-corrected chi connectivity index (χ3v) is 3.06. The molecule has 0 radical (unpaired) electrons. The SMILES string of the molecule is CCOC(=O)c1ccc(NC2CCCNC2)cc1. The molecule has 1 unspecified atom stereocenters. The fraction of sp³-hybridized carbons (Fsp3) is 0.500. The number of esters is 1. The van der Waals surface area contributed by atoms with Crippen molar-refractivity contribution in [3.8, 4) is 0 Å². The van der Waals surface area contributed by atoms with E-state index in [1.807, 2.05) is 19.1 Å². The van der Waals surface area contributed by atoms with E-state index in [1.54, 1.807) is 12.1 Å². The number of ether oxygens (including phenoxy) is 1. The first-order chi connectivity index (χ1) is 8.79. The number of benzene rings is 1. The molecule has 1 aromatic rings. The van der Waals surface area contributed by atoms with E-state index in [2.05, 4.69) is 10.6 Å². The number of hydrogen-bond acceptors (Lipinski definition) is 4. The minimum Gasteiger partial charge on any atom is -0.462 e. The van der Waals surface area contributed by atoms with Gasteiger partial charge in [0, 0.05) is 18.3 Å². The number of hydrogen-bond donors (Lipinski definition) is 2. The first-order valence-electron chi connectivity index (χ1n) is 6.54. The normalized spacial score (nSPS) is 19.3. The second kappa shape index (κ2) is 6.40. The predicted octanol–water partition coefficient (Wildman–Crippen LogP) is 2.03. The molecule has 0 aromatic heterocycles. The zero-order valence-corrected chi connectivity index (χ0v) is 10.7. The quantitative estimate of drug-likeness (QED) is 0.800. The van der Waals surface area contributed by atoms with Gasteiger partial charge in [-0.1, -0.05) is 0 Å². The molecule has 1 atom stereocenters. The van der Waals surface area contributed by atoms with Gasteiger partial charge in [-0.3, -0.25) is 0 Å². The monoisotopic (exact) mass is 248 g/mol.